The summed E-state index contributed by atoms with van der Waals surface area (Å²) in [5.74, 6) is -0.314. The first-order valence-electron chi connectivity index (χ1n) is 9.77. The molecule has 4 atom stereocenters. The van der Waals surface area contributed by atoms with E-state index in [1.165, 1.54) is 13.2 Å². The molecule has 3 aliphatic rings. The van der Waals surface area contributed by atoms with Crippen LogP contribution in [0.5, 0.6) is 0 Å². The molecule has 1 heterocycles. The van der Waals surface area contributed by atoms with Gasteiger partial charge in [-0.2, -0.15) is 0 Å². The number of hydrogen-bond acceptors (Lipinski definition) is 5. The molecule has 0 aromatic rings. The van der Waals surface area contributed by atoms with Crippen molar-refractivity contribution in [1.29, 1.82) is 0 Å². The third kappa shape index (κ3) is 2.88. The van der Waals surface area contributed by atoms with Crippen molar-refractivity contribution in [2.75, 3.05) is 13.7 Å². The van der Waals surface area contributed by atoms with Gasteiger partial charge in [0, 0.05) is 12.0 Å². The Morgan fingerprint density at radius 3 is 2.50 bits per heavy atom. The van der Waals surface area contributed by atoms with Crippen LogP contribution in [0, 0.1) is 16.7 Å². The summed E-state index contributed by atoms with van der Waals surface area (Å²) in [6.07, 6.45) is 8.45. The van der Waals surface area contributed by atoms with Crippen molar-refractivity contribution < 1.29 is 23.8 Å². The fourth-order valence-electron chi connectivity index (χ4n) is 5.51. The molecular formula is C21H32O5. The normalized spacial score (nSPS) is 40.4. The summed E-state index contributed by atoms with van der Waals surface area (Å²) in [6.45, 7) is 8.84. The average molecular weight is 364 g/mol. The molecule has 0 bridgehead atoms. The molecule has 0 N–H and O–H groups in total. The van der Waals surface area contributed by atoms with Crippen molar-refractivity contribution in [2.45, 2.75) is 77.4 Å². The Labute approximate surface area is 156 Å². The van der Waals surface area contributed by atoms with E-state index in [0.29, 0.717) is 13.0 Å². The van der Waals surface area contributed by atoms with Crippen LogP contribution in [0.2, 0.25) is 0 Å². The lowest BCUT2D eigenvalue weighted by atomic mass is 9.49. The summed E-state index contributed by atoms with van der Waals surface area (Å²) in [5, 5.41) is 0. The molecule has 1 aliphatic heterocycles. The van der Waals surface area contributed by atoms with Gasteiger partial charge in [0.2, 0.25) is 0 Å². The van der Waals surface area contributed by atoms with Gasteiger partial charge in [-0.15, -0.1) is 0 Å². The van der Waals surface area contributed by atoms with E-state index in [0.717, 1.165) is 32.1 Å². The first-order valence-corrected chi connectivity index (χ1v) is 9.77. The first-order chi connectivity index (χ1) is 12.1. The zero-order valence-corrected chi connectivity index (χ0v) is 16.7. The molecule has 0 unspecified atom stereocenters. The Morgan fingerprint density at radius 2 is 1.85 bits per heavy atom. The summed E-state index contributed by atoms with van der Waals surface area (Å²) in [4.78, 5) is 24.5. The number of rotatable bonds is 5. The molecule has 2 aliphatic carbocycles. The quantitative estimate of drug-likeness (QED) is 0.422. The van der Waals surface area contributed by atoms with Gasteiger partial charge >= 0.3 is 11.9 Å². The predicted octanol–water partition coefficient (Wildman–Crippen LogP) is 3.80. The third-order valence-electron chi connectivity index (χ3n) is 7.10. The highest BCUT2D eigenvalue weighted by Crippen LogP contribution is 2.71. The van der Waals surface area contributed by atoms with Crippen LogP contribution < -0.4 is 0 Å². The number of carbonyl (C=O) groups excluding carboxylic acids is 2. The van der Waals surface area contributed by atoms with Crippen molar-refractivity contribution in [3.63, 3.8) is 0 Å². The van der Waals surface area contributed by atoms with Crippen molar-refractivity contribution in [1.82, 2.24) is 0 Å². The maximum absolute atomic E-state index is 12.8. The Balaban J connectivity index is 1.90. The predicted molar refractivity (Wildman–Crippen MR) is 97.4 cm³/mol. The van der Waals surface area contributed by atoms with Crippen LogP contribution in [0.25, 0.3) is 0 Å². The molecule has 0 aromatic carbocycles. The van der Waals surface area contributed by atoms with E-state index in [1.807, 2.05) is 6.08 Å². The van der Waals surface area contributed by atoms with Gasteiger partial charge < -0.3 is 14.2 Å². The van der Waals surface area contributed by atoms with Crippen LogP contribution in [0.4, 0.5) is 0 Å². The smallest absolute Gasteiger partial charge is 0.330 e. The third-order valence-corrected chi connectivity index (χ3v) is 7.10. The Morgan fingerprint density at radius 1 is 1.15 bits per heavy atom. The molecular weight excluding hydrogens is 332 g/mol. The summed E-state index contributed by atoms with van der Waals surface area (Å²) in [7, 11) is 1.49. The molecule has 5 nitrogen and oxygen atoms in total. The van der Waals surface area contributed by atoms with Crippen molar-refractivity contribution in [3.05, 3.63) is 12.2 Å². The highest BCUT2D eigenvalue weighted by molar-refractivity contribution is 5.82. The largest absolute Gasteiger partial charge is 0.469 e. The van der Waals surface area contributed by atoms with Crippen LogP contribution in [-0.2, 0) is 23.8 Å². The molecule has 1 saturated heterocycles. The standard InChI is InChI=1S/C21H32O5/c1-6-25-16(22)8-7-9-21-15-14-18(2,3)10-12-20(15,17(23)24-5)13-11-19(21,4)26-21/h7-8,15H,6,9-14H2,1-5H3/b8-7+/t15-,19+,20+,21-/m1/s1. The number of ether oxygens (including phenoxy) is 3. The van der Waals surface area contributed by atoms with Gasteiger partial charge in [0.1, 0.15) is 5.60 Å². The number of hydrogen-bond donors (Lipinski definition) is 0. The van der Waals surface area contributed by atoms with Crippen molar-refractivity contribution >= 4 is 11.9 Å². The number of methoxy groups -OCH3 is 1. The van der Waals surface area contributed by atoms with E-state index in [4.69, 9.17) is 14.2 Å². The Kier molecular flexibility index (Phi) is 4.75. The maximum Gasteiger partial charge on any atom is 0.330 e. The van der Waals surface area contributed by atoms with Gasteiger partial charge in [0.15, 0.2) is 0 Å². The lowest BCUT2D eigenvalue weighted by Gasteiger charge is -2.52. The van der Waals surface area contributed by atoms with Gasteiger partial charge in [0.05, 0.1) is 24.7 Å². The Bertz CT molecular complexity index is 624. The second-order valence-corrected chi connectivity index (χ2v) is 9.15. The molecule has 2 saturated carbocycles. The molecule has 3 rings (SSSR count). The van der Waals surface area contributed by atoms with Gasteiger partial charge in [0.25, 0.3) is 0 Å². The summed E-state index contributed by atoms with van der Waals surface area (Å²) in [5.41, 5.74) is -0.899. The molecule has 26 heavy (non-hydrogen) atoms. The molecule has 5 heteroatoms. The maximum atomic E-state index is 12.8. The van der Waals surface area contributed by atoms with E-state index in [1.54, 1.807) is 6.92 Å². The van der Waals surface area contributed by atoms with E-state index in [-0.39, 0.29) is 34.5 Å². The van der Waals surface area contributed by atoms with Gasteiger partial charge in [-0.25, -0.2) is 4.79 Å². The highest BCUT2D eigenvalue weighted by Gasteiger charge is 2.77. The SMILES string of the molecule is CCOC(=O)/C=C/C[C@]12O[C@@]1(C)CC[C@@]1(C(=O)OC)CCC(C)(C)C[C@H]12. The molecule has 0 aromatic heterocycles. The summed E-state index contributed by atoms with van der Waals surface area (Å²) >= 11 is 0. The topological polar surface area (TPSA) is 65.1 Å². The average Bonchev–Trinajstić information content (AvgIpc) is 3.20. The number of esters is 2. The highest BCUT2D eigenvalue weighted by atomic mass is 16.6. The van der Waals surface area contributed by atoms with E-state index in [9.17, 15) is 9.59 Å². The van der Waals surface area contributed by atoms with Crippen LogP contribution in [0.15, 0.2) is 12.2 Å². The van der Waals surface area contributed by atoms with E-state index < -0.39 is 5.41 Å². The fourth-order valence-corrected chi connectivity index (χ4v) is 5.51. The fraction of sp³-hybridized carbons (Fsp3) is 0.810. The minimum Gasteiger partial charge on any atom is -0.469 e. The number of epoxide rings is 1. The summed E-state index contributed by atoms with van der Waals surface area (Å²) in [6, 6.07) is 0. The second kappa shape index (κ2) is 6.36. The van der Waals surface area contributed by atoms with Gasteiger partial charge in [-0.3, -0.25) is 4.79 Å². The van der Waals surface area contributed by atoms with Gasteiger partial charge in [-0.1, -0.05) is 19.9 Å². The zero-order valence-electron chi connectivity index (χ0n) is 16.7. The lowest BCUT2D eigenvalue weighted by Crippen LogP contribution is -2.56. The van der Waals surface area contributed by atoms with Crippen LogP contribution in [0.1, 0.15) is 66.2 Å². The van der Waals surface area contributed by atoms with Crippen LogP contribution in [-0.4, -0.2) is 36.9 Å². The van der Waals surface area contributed by atoms with Crippen molar-refractivity contribution in [3.8, 4) is 0 Å². The molecule has 0 radical (unpaired) electrons. The monoisotopic (exact) mass is 364 g/mol. The van der Waals surface area contributed by atoms with E-state index in [2.05, 4.69) is 20.8 Å². The molecule has 0 amide bonds. The number of fused-ring (bicyclic) bond motifs is 3. The van der Waals surface area contributed by atoms with Crippen molar-refractivity contribution in [2.24, 2.45) is 16.7 Å². The lowest BCUT2D eigenvalue weighted by molar-refractivity contribution is -0.167. The second-order valence-electron chi connectivity index (χ2n) is 9.15. The minimum atomic E-state index is -0.460. The first kappa shape index (κ1) is 19.4. The number of carbonyl (C=O) groups is 2. The molecule has 0 spiro atoms. The van der Waals surface area contributed by atoms with Crippen LogP contribution in [0.3, 0.4) is 0 Å². The summed E-state index contributed by atoms with van der Waals surface area (Å²) < 4.78 is 16.6. The molecule has 146 valence electrons. The van der Waals surface area contributed by atoms with E-state index >= 15 is 0 Å². The van der Waals surface area contributed by atoms with Crippen LogP contribution >= 0.6 is 0 Å². The van der Waals surface area contributed by atoms with Gasteiger partial charge in [-0.05, 0) is 57.8 Å². The zero-order chi connectivity index (χ0) is 19.2. The minimum absolute atomic E-state index is 0.0932. The molecule has 3 fully saturated rings. The Hall–Kier alpha value is -1.36.